The number of nitrogens with zero attached hydrogens (tertiary/aromatic N) is 1. The van der Waals surface area contributed by atoms with Gasteiger partial charge in [0.05, 0.1) is 0 Å². The highest BCUT2D eigenvalue weighted by Gasteiger charge is 1.74. The molecule has 13 heavy (non-hydrogen) atoms. The van der Waals surface area contributed by atoms with Crippen LogP contribution in [0.15, 0.2) is 30.3 Å². The Morgan fingerprint density at radius 2 is 1.23 bits per heavy atom. The molecule has 0 aliphatic rings. The van der Waals surface area contributed by atoms with Gasteiger partial charge in [0.1, 0.15) is 0 Å². The third-order valence-electron chi connectivity index (χ3n) is 0.733. The summed E-state index contributed by atoms with van der Waals surface area (Å²) in [5.41, 5.74) is 11.0. The van der Waals surface area contributed by atoms with Gasteiger partial charge in [-0.1, -0.05) is 57.5 Å². The number of nitrogens with one attached hydrogen (secondary N) is 1. The van der Waals surface area contributed by atoms with Crippen molar-refractivity contribution >= 4 is 11.6 Å². The highest BCUT2D eigenvalue weighted by molar-refractivity contribution is 6.30. The lowest BCUT2D eigenvalue weighted by Crippen LogP contribution is -1.55. The van der Waals surface area contributed by atoms with Crippen LogP contribution >= 0.6 is 11.6 Å². The Labute approximate surface area is 86.2 Å². The first-order valence-corrected chi connectivity index (χ1v) is 4.70. The normalized spacial score (nSPS) is 5.92. The molecule has 0 saturated heterocycles. The molecule has 1 aromatic rings. The van der Waals surface area contributed by atoms with Crippen molar-refractivity contribution in [2.75, 3.05) is 0 Å². The maximum atomic E-state index is 6.25. The van der Waals surface area contributed by atoms with Crippen molar-refractivity contribution in [2.45, 2.75) is 27.7 Å². The van der Waals surface area contributed by atoms with Gasteiger partial charge >= 0.3 is 0 Å². The fourth-order valence-corrected chi connectivity index (χ4v) is 0.560. The minimum Gasteiger partial charge on any atom is -0.715 e. The smallest absolute Gasteiger partial charge is 0.0405 e. The molecule has 0 aliphatic carbocycles. The van der Waals surface area contributed by atoms with E-state index in [2.05, 4.69) is 0 Å². The topological polar surface area (TPSA) is 46.2 Å². The fraction of sp³-hybridized carbons (Fsp3) is 0.400. The molecule has 0 bridgehead atoms. The fourth-order valence-electron chi connectivity index (χ4n) is 0.415. The molecule has 2 nitrogen and oxygen atoms in total. The lowest BCUT2D eigenvalue weighted by molar-refractivity contribution is 1.49. The maximum Gasteiger partial charge on any atom is 0.0405 e. The highest BCUT2D eigenvalue weighted by atomic mass is 35.5. The van der Waals surface area contributed by atoms with Crippen LogP contribution in [-0.2, 0) is 0 Å². The number of hydrogen-bond donors (Lipinski definition) is 1. The second-order valence-corrected chi connectivity index (χ2v) is 1.73. The van der Waals surface area contributed by atoms with Gasteiger partial charge in [0.15, 0.2) is 0 Å². The molecule has 0 atom stereocenters. The van der Waals surface area contributed by atoms with E-state index in [1.807, 2.05) is 58.0 Å². The van der Waals surface area contributed by atoms with E-state index in [9.17, 15) is 0 Å². The summed E-state index contributed by atoms with van der Waals surface area (Å²) in [6.45, 7) is 8.00. The molecule has 0 unspecified atom stereocenters. The quantitative estimate of drug-likeness (QED) is 0.576. The van der Waals surface area contributed by atoms with Crippen molar-refractivity contribution in [3.8, 4) is 0 Å². The van der Waals surface area contributed by atoms with Crippen molar-refractivity contribution < 1.29 is 0 Å². The predicted octanol–water partition coefficient (Wildman–Crippen LogP) is 4.98. The summed E-state index contributed by atoms with van der Waals surface area (Å²) in [4.78, 5) is 0. The Kier molecular flexibility index (Phi) is 31.1. The molecular formula is C10H18ClN2-. The second kappa shape index (κ2) is 22.5. The van der Waals surface area contributed by atoms with E-state index in [0.29, 0.717) is 0 Å². The van der Waals surface area contributed by atoms with Crippen molar-refractivity contribution in [3.63, 3.8) is 0 Å². The number of rotatable bonds is 0. The van der Waals surface area contributed by atoms with Gasteiger partial charge in [0.25, 0.3) is 0 Å². The molecule has 1 N–H and O–H groups in total. The predicted molar refractivity (Wildman–Crippen MR) is 60.2 cm³/mol. The summed E-state index contributed by atoms with van der Waals surface area (Å²) in [7, 11) is 0. The van der Waals surface area contributed by atoms with Crippen LogP contribution in [0.25, 0.3) is 5.53 Å². The number of hydrogen-bond acceptors (Lipinski definition) is 1. The first kappa shape index (κ1) is 18.0. The highest BCUT2D eigenvalue weighted by Crippen LogP contribution is 2.03. The van der Waals surface area contributed by atoms with Crippen LogP contribution in [0.5, 0.6) is 0 Å². The zero-order valence-electron chi connectivity index (χ0n) is 8.71. The van der Waals surface area contributed by atoms with Crippen molar-refractivity contribution in [1.29, 1.82) is 5.53 Å². The van der Waals surface area contributed by atoms with Crippen LogP contribution in [0.4, 0.5) is 0 Å². The average molecular weight is 202 g/mol. The summed E-state index contributed by atoms with van der Waals surface area (Å²) in [6, 6.07) is 9.44. The van der Waals surface area contributed by atoms with Crippen molar-refractivity contribution in [3.05, 3.63) is 40.9 Å². The van der Waals surface area contributed by atoms with Gasteiger partial charge in [-0.25, -0.2) is 0 Å². The number of benzene rings is 1. The molecule has 0 aliphatic heterocycles. The molecule has 76 valence electrons. The summed E-state index contributed by atoms with van der Waals surface area (Å²) >= 11 is 5.54. The minimum absolute atomic E-state index is 0.794. The first-order chi connectivity index (χ1) is 6.39. The van der Waals surface area contributed by atoms with Gasteiger partial charge < -0.3 is 11.1 Å². The van der Waals surface area contributed by atoms with Crippen LogP contribution in [-0.4, -0.2) is 0 Å². The largest absolute Gasteiger partial charge is 0.715 e. The van der Waals surface area contributed by atoms with Gasteiger partial charge in [-0.3, -0.25) is 0 Å². The first-order valence-electron chi connectivity index (χ1n) is 4.32. The van der Waals surface area contributed by atoms with Gasteiger partial charge in [-0.2, -0.15) is 0 Å². The van der Waals surface area contributed by atoms with Crippen LogP contribution in [0.1, 0.15) is 27.7 Å². The SMILES string of the molecule is CC.CC.Clc1ccccc1.[N-]=N. The zero-order valence-corrected chi connectivity index (χ0v) is 9.47. The molecule has 0 saturated carbocycles. The Bertz CT molecular complexity index is 154. The van der Waals surface area contributed by atoms with Gasteiger partial charge in [-0.15, -0.1) is 0 Å². The van der Waals surface area contributed by atoms with E-state index in [4.69, 9.17) is 22.7 Å². The molecule has 0 heterocycles. The van der Waals surface area contributed by atoms with E-state index in [1.165, 1.54) is 0 Å². The van der Waals surface area contributed by atoms with E-state index < -0.39 is 0 Å². The van der Waals surface area contributed by atoms with E-state index in [1.54, 1.807) is 0 Å². The molecular weight excluding hydrogens is 184 g/mol. The van der Waals surface area contributed by atoms with E-state index in [-0.39, 0.29) is 0 Å². The second-order valence-electron chi connectivity index (χ2n) is 1.30. The Hall–Kier alpha value is -0.890. The molecule has 3 heteroatoms. The molecule has 1 aromatic carbocycles. The Morgan fingerprint density at radius 1 is 0.923 bits per heavy atom. The lowest BCUT2D eigenvalue weighted by atomic mass is 10.4. The summed E-state index contributed by atoms with van der Waals surface area (Å²) in [5, 5.41) is 0.794. The third-order valence-corrected chi connectivity index (χ3v) is 0.985. The Morgan fingerprint density at radius 3 is 1.38 bits per heavy atom. The van der Waals surface area contributed by atoms with E-state index in [0.717, 1.165) is 5.02 Å². The van der Waals surface area contributed by atoms with E-state index >= 15 is 0 Å². The van der Waals surface area contributed by atoms with Crippen LogP contribution in [0, 0.1) is 5.53 Å². The summed E-state index contributed by atoms with van der Waals surface area (Å²) in [6.07, 6.45) is 0. The monoisotopic (exact) mass is 201 g/mol. The van der Waals surface area contributed by atoms with Crippen LogP contribution in [0.2, 0.25) is 5.02 Å². The molecule has 0 amide bonds. The van der Waals surface area contributed by atoms with Crippen molar-refractivity contribution in [1.82, 2.24) is 0 Å². The molecule has 1 rings (SSSR count). The maximum absolute atomic E-state index is 6.25. The van der Waals surface area contributed by atoms with Crippen molar-refractivity contribution in [2.24, 2.45) is 0 Å². The van der Waals surface area contributed by atoms with Gasteiger partial charge in [0, 0.05) is 5.02 Å². The van der Waals surface area contributed by atoms with Gasteiger partial charge in [-0.05, 0) is 12.1 Å². The van der Waals surface area contributed by atoms with Crippen LogP contribution < -0.4 is 0 Å². The summed E-state index contributed by atoms with van der Waals surface area (Å²) < 4.78 is 0. The minimum atomic E-state index is 0.794. The standard InChI is InChI=1S/C6H5Cl.2C2H6.HN2/c7-6-4-2-1-3-5-6;3*1-2/h1-5H;2*1-2H3;1H/q;;;-1. The molecule has 0 spiro atoms. The van der Waals surface area contributed by atoms with Gasteiger partial charge in [0.2, 0.25) is 0 Å². The zero-order chi connectivity index (χ0) is 11.1. The summed E-state index contributed by atoms with van der Waals surface area (Å²) in [5.74, 6) is 0. The van der Waals surface area contributed by atoms with Crippen LogP contribution in [0.3, 0.4) is 0 Å². The average Bonchev–Trinajstić information content (AvgIpc) is 2.28. The lowest BCUT2D eigenvalue weighted by Gasteiger charge is -1.80. The Balaban J connectivity index is -0.000000144. The molecule has 0 aromatic heterocycles. The molecule has 0 radical (unpaired) electrons. The third kappa shape index (κ3) is 18.2. The molecule has 0 fully saturated rings. The number of halogens is 1.